The number of hydrogen-bond acceptors (Lipinski definition) is 9. The molecule has 1 heterocycles. The summed E-state index contributed by atoms with van der Waals surface area (Å²) in [5.74, 6) is -1.75. The van der Waals surface area contributed by atoms with Crippen LogP contribution in [0.25, 0.3) is 0 Å². The molecule has 2 aromatic rings. The van der Waals surface area contributed by atoms with Crippen LogP contribution in [-0.2, 0) is 0 Å². The van der Waals surface area contributed by atoms with Gasteiger partial charge in [0.05, 0.1) is 15.8 Å². The SMILES string of the molecule is Cc1cc(C)nc(Sc2c([N+](=O)[O-])cc(C(=O)[O-])cc2[N+](=O)[O-])n1. The van der Waals surface area contributed by atoms with E-state index in [-0.39, 0.29) is 10.1 Å². The Balaban J connectivity index is 2.68. The summed E-state index contributed by atoms with van der Waals surface area (Å²) in [4.78, 5) is 39.3. The Morgan fingerprint density at radius 3 is 1.83 bits per heavy atom. The number of nitrogens with zero attached hydrogens (tertiary/aromatic N) is 4. The summed E-state index contributed by atoms with van der Waals surface area (Å²) in [6.45, 7) is 3.36. The van der Waals surface area contributed by atoms with Gasteiger partial charge in [-0.15, -0.1) is 0 Å². The Morgan fingerprint density at radius 1 is 1.00 bits per heavy atom. The maximum atomic E-state index is 11.2. The Labute approximate surface area is 138 Å². The number of benzene rings is 1. The standard InChI is InChI=1S/C13H10N4O6S/c1-6-3-7(2)15-13(14-6)24-11-9(16(20)21)4-8(12(18)19)5-10(11)17(22)23/h3-5H,1-2H3,(H,18,19)/p-1. The molecule has 10 nitrogen and oxygen atoms in total. The summed E-state index contributed by atoms with van der Waals surface area (Å²) in [5.41, 5.74) is -0.935. The largest absolute Gasteiger partial charge is 0.545 e. The molecule has 11 heteroatoms. The first-order valence-electron chi connectivity index (χ1n) is 6.37. The van der Waals surface area contributed by atoms with Crippen LogP contribution in [-0.4, -0.2) is 25.8 Å². The summed E-state index contributed by atoms with van der Waals surface area (Å²) in [6, 6.07) is 3.10. The number of aromatic carboxylic acids is 1. The fourth-order valence-electron chi connectivity index (χ4n) is 1.92. The number of carbonyl (C=O) groups excluding carboxylic acids is 1. The van der Waals surface area contributed by atoms with Gasteiger partial charge in [0.15, 0.2) is 10.1 Å². The number of nitro benzene ring substituents is 2. The van der Waals surface area contributed by atoms with Crippen molar-refractivity contribution in [2.75, 3.05) is 0 Å². The van der Waals surface area contributed by atoms with E-state index in [0.29, 0.717) is 35.3 Å². The summed E-state index contributed by atoms with van der Waals surface area (Å²) in [7, 11) is 0. The van der Waals surface area contributed by atoms with Crippen molar-refractivity contribution >= 4 is 29.1 Å². The lowest BCUT2D eigenvalue weighted by atomic mass is 10.2. The minimum atomic E-state index is -1.75. The van der Waals surface area contributed by atoms with Crippen LogP contribution in [0.2, 0.25) is 0 Å². The highest BCUT2D eigenvalue weighted by molar-refractivity contribution is 7.99. The third-order valence-electron chi connectivity index (χ3n) is 2.83. The van der Waals surface area contributed by atoms with Crippen molar-refractivity contribution in [3.8, 4) is 0 Å². The van der Waals surface area contributed by atoms with Crippen molar-refractivity contribution in [2.45, 2.75) is 23.9 Å². The van der Waals surface area contributed by atoms with Crippen molar-refractivity contribution in [1.29, 1.82) is 0 Å². The van der Waals surface area contributed by atoms with Gasteiger partial charge in [0.1, 0.15) is 0 Å². The molecule has 124 valence electrons. The Bertz CT molecular complexity index is 814. The molecule has 24 heavy (non-hydrogen) atoms. The summed E-state index contributed by atoms with van der Waals surface area (Å²) in [6.07, 6.45) is 0. The van der Waals surface area contributed by atoms with Crippen molar-refractivity contribution in [3.05, 3.63) is 55.4 Å². The first-order chi connectivity index (χ1) is 11.2. The third-order valence-corrected chi connectivity index (χ3v) is 3.82. The molecule has 0 fully saturated rings. The zero-order valence-corrected chi connectivity index (χ0v) is 13.2. The van der Waals surface area contributed by atoms with Gasteiger partial charge >= 0.3 is 0 Å². The molecule has 2 rings (SSSR count). The van der Waals surface area contributed by atoms with Crippen LogP contribution in [0.15, 0.2) is 28.3 Å². The highest BCUT2D eigenvalue weighted by Gasteiger charge is 2.29. The second-order valence-corrected chi connectivity index (χ2v) is 5.66. The quantitative estimate of drug-likeness (QED) is 0.443. The zero-order valence-electron chi connectivity index (χ0n) is 12.4. The van der Waals surface area contributed by atoms with Crippen molar-refractivity contribution in [1.82, 2.24) is 9.97 Å². The molecule has 0 aliphatic carbocycles. The molecule has 1 aromatic heterocycles. The van der Waals surface area contributed by atoms with E-state index in [1.807, 2.05) is 0 Å². The van der Waals surface area contributed by atoms with E-state index in [0.717, 1.165) is 0 Å². The van der Waals surface area contributed by atoms with Crippen LogP contribution in [0, 0.1) is 34.1 Å². The van der Waals surface area contributed by atoms with E-state index in [2.05, 4.69) is 9.97 Å². The molecule has 0 aliphatic rings. The summed E-state index contributed by atoms with van der Waals surface area (Å²) >= 11 is 0.627. The second kappa shape index (κ2) is 6.58. The normalized spacial score (nSPS) is 10.4. The number of rotatable bonds is 5. The molecule has 0 saturated heterocycles. The molecule has 0 radical (unpaired) electrons. The second-order valence-electron chi connectivity index (χ2n) is 4.68. The number of nitro groups is 2. The molecule has 0 aliphatic heterocycles. The Kier molecular flexibility index (Phi) is 4.74. The monoisotopic (exact) mass is 349 g/mol. The van der Waals surface area contributed by atoms with Gasteiger partial charge in [-0.2, -0.15) is 0 Å². The Morgan fingerprint density at radius 2 is 1.46 bits per heavy atom. The minimum Gasteiger partial charge on any atom is -0.545 e. The molecular weight excluding hydrogens is 340 g/mol. The molecule has 0 bridgehead atoms. The number of carbonyl (C=O) groups is 1. The first kappa shape index (κ1) is 17.3. The lowest BCUT2D eigenvalue weighted by Crippen LogP contribution is -2.22. The topological polar surface area (TPSA) is 152 Å². The van der Waals surface area contributed by atoms with Crippen LogP contribution in [0.3, 0.4) is 0 Å². The lowest BCUT2D eigenvalue weighted by molar-refractivity contribution is -0.399. The number of aromatic nitrogens is 2. The Hall–Kier alpha value is -3.08. The molecule has 1 aromatic carbocycles. The van der Waals surface area contributed by atoms with Crippen LogP contribution in [0.5, 0.6) is 0 Å². The number of carboxylic acids is 1. The van der Waals surface area contributed by atoms with Gasteiger partial charge in [-0.25, -0.2) is 9.97 Å². The van der Waals surface area contributed by atoms with Gasteiger partial charge in [0.25, 0.3) is 11.4 Å². The van der Waals surface area contributed by atoms with Gasteiger partial charge in [0.2, 0.25) is 0 Å². The number of carboxylic acid groups (broad SMARTS) is 1. The molecule has 0 N–H and O–H groups in total. The maximum Gasteiger partial charge on any atom is 0.291 e. The van der Waals surface area contributed by atoms with Gasteiger partial charge in [-0.3, -0.25) is 20.2 Å². The van der Waals surface area contributed by atoms with Crippen molar-refractivity contribution < 1.29 is 19.7 Å². The van der Waals surface area contributed by atoms with Crippen molar-refractivity contribution in [3.63, 3.8) is 0 Å². The van der Waals surface area contributed by atoms with E-state index in [1.54, 1.807) is 19.9 Å². The van der Waals surface area contributed by atoms with E-state index < -0.39 is 32.8 Å². The van der Waals surface area contributed by atoms with Gasteiger partial charge < -0.3 is 9.90 Å². The van der Waals surface area contributed by atoms with E-state index in [1.165, 1.54) is 0 Å². The lowest BCUT2D eigenvalue weighted by Gasteiger charge is -2.08. The maximum absolute atomic E-state index is 11.2. The third kappa shape index (κ3) is 3.63. The summed E-state index contributed by atoms with van der Waals surface area (Å²) in [5, 5.41) is 33.4. The molecule has 0 atom stereocenters. The van der Waals surface area contributed by atoms with E-state index in [9.17, 15) is 30.1 Å². The van der Waals surface area contributed by atoms with Crippen LogP contribution in [0.4, 0.5) is 11.4 Å². The smallest absolute Gasteiger partial charge is 0.291 e. The zero-order chi connectivity index (χ0) is 18.0. The fourth-order valence-corrected chi connectivity index (χ4v) is 2.96. The van der Waals surface area contributed by atoms with Crippen LogP contribution in [0.1, 0.15) is 21.7 Å². The van der Waals surface area contributed by atoms with Crippen LogP contribution >= 0.6 is 11.8 Å². The number of hydrogen-bond donors (Lipinski definition) is 0. The van der Waals surface area contributed by atoms with Gasteiger partial charge in [-0.1, -0.05) is 0 Å². The van der Waals surface area contributed by atoms with E-state index in [4.69, 9.17) is 0 Å². The average molecular weight is 349 g/mol. The molecular formula is C13H9N4O6S-. The number of aryl methyl sites for hydroxylation is 2. The minimum absolute atomic E-state index is 0.0832. The fraction of sp³-hybridized carbons (Fsp3) is 0.154. The van der Waals surface area contributed by atoms with Crippen molar-refractivity contribution in [2.24, 2.45) is 0 Å². The molecule has 0 spiro atoms. The van der Waals surface area contributed by atoms with E-state index >= 15 is 0 Å². The predicted molar refractivity (Wildman–Crippen MR) is 79.7 cm³/mol. The summed E-state index contributed by atoms with van der Waals surface area (Å²) < 4.78 is 0. The van der Waals surface area contributed by atoms with Gasteiger partial charge in [-0.05, 0) is 31.7 Å². The highest BCUT2D eigenvalue weighted by Crippen LogP contribution is 2.41. The predicted octanol–water partition coefficient (Wildman–Crippen LogP) is 1.42. The molecule has 0 amide bonds. The first-order valence-corrected chi connectivity index (χ1v) is 7.19. The van der Waals surface area contributed by atoms with Crippen LogP contribution < -0.4 is 5.11 Å². The molecule has 0 saturated carbocycles. The van der Waals surface area contributed by atoms with Gasteiger partial charge in [0, 0.05) is 29.1 Å². The molecule has 0 unspecified atom stereocenters. The average Bonchev–Trinajstić information content (AvgIpc) is 2.45. The highest BCUT2D eigenvalue weighted by atomic mass is 32.2.